The number of hydrogen-bond donors (Lipinski definition) is 1. The Morgan fingerprint density at radius 1 is 1.30 bits per heavy atom. The zero-order valence-corrected chi connectivity index (χ0v) is 17.4. The Labute approximate surface area is 150 Å². The fourth-order valence-corrected chi connectivity index (χ4v) is 3.81. The molecule has 0 bridgehead atoms. The Bertz CT molecular complexity index is 440. The monoisotopic (exact) mass is 467 g/mol. The van der Waals surface area contributed by atoms with Crippen LogP contribution in [0.1, 0.15) is 34.1 Å². The number of rotatable bonds is 3. The molecule has 0 aromatic rings. The van der Waals surface area contributed by atoms with Crippen molar-refractivity contribution in [3.63, 3.8) is 0 Å². The van der Waals surface area contributed by atoms with E-state index in [1.807, 2.05) is 22.6 Å². The fourth-order valence-electron chi connectivity index (χ4n) is 2.00. The summed E-state index contributed by atoms with van der Waals surface area (Å²) in [7, 11) is -2.11. The fraction of sp³-hybridized carbons (Fsp3) is 0.929. The molecule has 0 aromatic carbocycles. The lowest BCUT2D eigenvalue weighted by Crippen LogP contribution is -2.57. The molecule has 0 aliphatic carbocycles. The Morgan fingerprint density at radius 3 is 2.26 bits per heavy atom. The van der Waals surface area contributed by atoms with E-state index >= 15 is 0 Å². The van der Waals surface area contributed by atoms with Gasteiger partial charge in [-0.05, 0) is 25.1 Å². The molecule has 4 nitrogen and oxygen atoms in total. The van der Waals surface area contributed by atoms with Crippen molar-refractivity contribution < 1.29 is 27.1 Å². The van der Waals surface area contributed by atoms with Gasteiger partial charge in [-0.25, -0.2) is 0 Å². The van der Waals surface area contributed by atoms with E-state index < -0.39 is 32.7 Å². The van der Waals surface area contributed by atoms with Gasteiger partial charge in [0, 0.05) is 12.5 Å². The van der Waals surface area contributed by atoms with Gasteiger partial charge in [0.25, 0.3) is 0 Å². The van der Waals surface area contributed by atoms with E-state index in [9.17, 15) is 18.0 Å². The molecule has 9 heteroatoms. The normalized spacial score (nSPS) is 30.2. The smallest absolute Gasteiger partial charge is 0.392 e. The van der Waals surface area contributed by atoms with Crippen LogP contribution in [0.5, 0.6) is 0 Å². The first-order valence-electron chi connectivity index (χ1n) is 7.50. The number of ether oxygens (including phenoxy) is 1. The quantitative estimate of drug-likeness (QED) is 0.388. The number of hydrogen-bond acceptors (Lipinski definition) is 3. The van der Waals surface area contributed by atoms with Crippen molar-refractivity contribution in [1.29, 1.82) is 0 Å². The summed E-state index contributed by atoms with van der Waals surface area (Å²) >= 11 is 2.02. The van der Waals surface area contributed by atoms with E-state index in [2.05, 4.69) is 39.2 Å². The zero-order chi connectivity index (χ0) is 18.2. The lowest BCUT2D eigenvalue weighted by atomic mass is 10.0. The molecule has 1 saturated heterocycles. The van der Waals surface area contributed by atoms with Gasteiger partial charge in [0.15, 0.2) is 8.32 Å². The van der Waals surface area contributed by atoms with Crippen LogP contribution in [0.15, 0.2) is 0 Å². The highest BCUT2D eigenvalue weighted by Crippen LogP contribution is 2.39. The van der Waals surface area contributed by atoms with E-state index in [-0.39, 0.29) is 21.5 Å². The first-order chi connectivity index (χ1) is 10.1. The molecule has 0 radical (unpaired) electrons. The van der Waals surface area contributed by atoms with Crippen molar-refractivity contribution in [3.05, 3.63) is 0 Å². The van der Waals surface area contributed by atoms with Gasteiger partial charge in [0.1, 0.15) is 6.29 Å². The summed E-state index contributed by atoms with van der Waals surface area (Å²) in [4.78, 5) is 11.2. The highest BCUT2D eigenvalue weighted by atomic mass is 127. The first kappa shape index (κ1) is 21.2. The number of nitrogens with one attached hydrogen (secondary N) is 1. The molecule has 1 amide bonds. The Morgan fingerprint density at radius 2 is 1.83 bits per heavy atom. The molecule has 1 fully saturated rings. The maximum Gasteiger partial charge on any atom is 0.471 e. The molecule has 23 heavy (non-hydrogen) atoms. The lowest BCUT2D eigenvalue weighted by Gasteiger charge is -2.44. The summed E-state index contributed by atoms with van der Waals surface area (Å²) < 4.78 is 49.1. The summed E-state index contributed by atoms with van der Waals surface area (Å²) in [5.74, 6) is -1.91. The average molecular weight is 467 g/mol. The topological polar surface area (TPSA) is 47.6 Å². The van der Waals surface area contributed by atoms with E-state index in [1.54, 1.807) is 6.92 Å². The molecular weight excluding hydrogens is 442 g/mol. The molecule has 1 heterocycles. The maximum atomic E-state index is 12.5. The van der Waals surface area contributed by atoms with Crippen LogP contribution in [-0.2, 0) is 14.0 Å². The van der Waals surface area contributed by atoms with Crippen molar-refractivity contribution in [2.75, 3.05) is 0 Å². The third-order valence-electron chi connectivity index (χ3n) is 4.45. The van der Waals surface area contributed by atoms with Crippen LogP contribution in [0, 0.1) is 0 Å². The molecule has 1 N–H and O–H groups in total. The number of carbonyl (C=O) groups excluding carboxylic acids is 1. The van der Waals surface area contributed by atoms with Crippen molar-refractivity contribution in [1.82, 2.24) is 5.32 Å². The first-order valence-corrected chi connectivity index (χ1v) is 11.7. The molecule has 4 atom stereocenters. The van der Waals surface area contributed by atoms with Gasteiger partial charge in [-0.1, -0.05) is 43.4 Å². The van der Waals surface area contributed by atoms with Gasteiger partial charge in [-0.2, -0.15) is 13.2 Å². The van der Waals surface area contributed by atoms with E-state index in [0.29, 0.717) is 0 Å². The zero-order valence-electron chi connectivity index (χ0n) is 14.3. The Balaban J connectivity index is 2.81. The molecule has 1 aliphatic rings. The molecule has 0 unspecified atom stereocenters. The van der Waals surface area contributed by atoms with Gasteiger partial charge in [0.05, 0.1) is 10.0 Å². The molecule has 136 valence electrons. The number of halogens is 4. The van der Waals surface area contributed by atoms with Gasteiger partial charge < -0.3 is 14.5 Å². The number of alkyl halides is 4. The summed E-state index contributed by atoms with van der Waals surface area (Å²) in [6.07, 6.45) is -5.58. The van der Waals surface area contributed by atoms with Crippen LogP contribution < -0.4 is 5.32 Å². The summed E-state index contributed by atoms with van der Waals surface area (Å²) in [5, 5.41) is 2.04. The lowest BCUT2D eigenvalue weighted by molar-refractivity contribution is -0.179. The summed E-state index contributed by atoms with van der Waals surface area (Å²) in [6.45, 7) is 12.1. The van der Waals surface area contributed by atoms with E-state index in [0.717, 1.165) is 0 Å². The third-order valence-corrected chi connectivity index (χ3v) is 10.8. The predicted octanol–water partition coefficient (Wildman–Crippen LogP) is 3.99. The summed E-state index contributed by atoms with van der Waals surface area (Å²) in [6, 6.07) is -0.636. The molecule has 0 spiro atoms. The average Bonchev–Trinajstić information content (AvgIpc) is 2.32. The number of carbonyl (C=O) groups is 1. The maximum absolute atomic E-state index is 12.5. The SMILES string of the molecule is C[C@@H]1O[C@H](O[Si](C)(C)C(C)(C)C)C[C@H](NC(=O)C(F)(F)F)[C@@H]1I. The van der Waals surface area contributed by atoms with Crippen molar-refractivity contribution in [2.45, 2.75) is 80.8 Å². The van der Waals surface area contributed by atoms with Crippen LogP contribution in [0.4, 0.5) is 13.2 Å². The highest BCUT2D eigenvalue weighted by molar-refractivity contribution is 14.1. The molecule has 1 rings (SSSR count). The second kappa shape index (κ2) is 7.16. The summed E-state index contributed by atoms with van der Waals surface area (Å²) in [5.41, 5.74) is 0. The minimum Gasteiger partial charge on any atom is -0.392 e. The van der Waals surface area contributed by atoms with Crippen molar-refractivity contribution >= 4 is 36.8 Å². The second-order valence-electron chi connectivity index (χ2n) is 7.41. The molecule has 0 saturated carbocycles. The van der Waals surface area contributed by atoms with Crippen LogP contribution >= 0.6 is 22.6 Å². The van der Waals surface area contributed by atoms with Crippen molar-refractivity contribution in [2.24, 2.45) is 0 Å². The second-order valence-corrected chi connectivity index (χ2v) is 13.6. The Kier molecular flexibility index (Phi) is 6.59. The van der Waals surface area contributed by atoms with Crippen LogP contribution in [-0.4, -0.2) is 42.8 Å². The highest BCUT2D eigenvalue weighted by Gasteiger charge is 2.46. The minimum atomic E-state index is -4.88. The number of amides is 1. The van der Waals surface area contributed by atoms with Gasteiger partial charge in [-0.3, -0.25) is 4.79 Å². The van der Waals surface area contributed by atoms with Gasteiger partial charge in [0.2, 0.25) is 0 Å². The molecule has 1 aliphatic heterocycles. The third kappa shape index (κ3) is 5.57. The van der Waals surface area contributed by atoms with Gasteiger partial charge >= 0.3 is 12.1 Å². The molecular formula is C14H25F3INO3Si. The predicted molar refractivity (Wildman–Crippen MR) is 93.0 cm³/mol. The molecule has 0 aromatic heterocycles. The standard InChI is InChI=1S/C14H25F3INO3Si/c1-8-11(18)9(19-12(20)14(15,16)17)7-10(21-8)22-23(5,6)13(2,3)4/h8-11H,7H2,1-6H3,(H,19,20)/t8-,9-,10+,11+/m0/s1. The largest absolute Gasteiger partial charge is 0.471 e. The van der Waals surface area contributed by atoms with E-state index in [4.69, 9.17) is 9.16 Å². The minimum absolute atomic E-state index is 0.0362. The van der Waals surface area contributed by atoms with Crippen LogP contribution in [0.25, 0.3) is 0 Å². The van der Waals surface area contributed by atoms with E-state index in [1.165, 1.54) is 0 Å². The Hall–Kier alpha value is 0.127. The van der Waals surface area contributed by atoms with Crippen LogP contribution in [0.2, 0.25) is 18.1 Å². The van der Waals surface area contributed by atoms with Crippen molar-refractivity contribution in [3.8, 4) is 0 Å². The van der Waals surface area contributed by atoms with Crippen LogP contribution in [0.3, 0.4) is 0 Å². The van der Waals surface area contributed by atoms with Gasteiger partial charge in [-0.15, -0.1) is 0 Å².